The summed E-state index contributed by atoms with van der Waals surface area (Å²) < 4.78 is 29.4. The molecule has 0 aliphatic carbocycles. The van der Waals surface area contributed by atoms with Crippen LogP contribution in [0.1, 0.15) is 79.3 Å². The summed E-state index contributed by atoms with van der Waals surface area (Å²) in [5.41, 5.74) is 2.19. The lowest BCUT2D eigenvalue weighted by molar-refractivity contribution is -0.106. The Kier molecular flexibility index (Phi) is 11.3. The summed E-state index contributed by atoms with van der Waals surface area (Å²) in [5.74, 6) is 1.50. The van der Waals surface area contributed by atoms with Gasteiger partial charge >= 0.3 is 0 Å². The summed E-state index contributed by atoms with van der Waals surface area (Å²) in [5, 5.41) is 11.0. The number of nitrogens with zero attached hydrogens (tertiary/aromatic N) is 1. The summed E-state index contributed by atoms with van der Waals surface area (Å²) in [6.07, 6.45) is 10.9. The molecule has 8 nitrogen and oxygen atoms in total. The van der Waals surface area contributed by atoms with E-state index in [2.05, 4.69) is 4.90 Å². The maximum atomic E-state index is 14.1. The first-order valence-electron chi connectivity index (χ1n) is 16.8. The second-order valence-electron chi connectivity index (χ2n) is 12.2. The number of likely N-dealkylation sites (tertiary alicyclic amines) is 1. The fourth-order valence-electron chi connectivity index (χ4n) is 6.13. The van der Waals surface area contributed by atoms with Gasteiger partial charge in [-0.2, -0.15) is 0 Å². The van der Waals surface area contributed by atoms with Gasteiger partial charge in [0.15, 0.2) is 18.4 Å². The molecular formula is C38H45NO7. The topological polar surface area (TPSA) is 86.7 Å². The number of Topliss-reactive ketones (excluding diaryl/α,β-unsaturated/α-hetero) is 1. The number of carbonyl (C=O) groups is 1. The molecule has 3 saturated heterocycles. The molecule has 2 unspecified atom stereocenters. The largest absolute Gasteiger partial charge is 0.507 e. The SMILES string of the molecule is O=C(/C(=C\c1ccc(OCCN2CCCCC2)cc1)c1ccc(OC2CCCCO2)cc1)c1ccc(OC2CCCCO2)cc1O. The third kappa shape index (κ3) is 8.90. The van der Waals surface area contributed by atoms with Gasteiger partial charge in [0.25, 0.3) is 0 Å². The van der Waals surface area contributed by atoms with Crippen LogP contribution in [0.4, 0.5) is 0 Å². The van der Waals surface area contributed by atoms with Gasteiger partial charge in [-0.15, -0.1) is 0 Å². The van der Waals surface area contributed by atoms with Crippen molar-refractivity contribution >= 4 is 17.4 Å². The number of phenolic OH excluding ortho intramolecular Hbond substituents is 1. The Morgan fingerprint density at radius 2 is 1.39 bits per heavy atom. The van der Waals surface area contributed by atoms with Crippen LogP contribution in [0.3, 0.4) is 0 Å². The van der Waals surface area contributed by atoms with Gasteiger partial charge in [0.05, 0.1) is 18.8 Å². The number of carbonyl (C=O) groups excluding carboxylic acids is 1. The van der Waals surface area contributed by atoms with Crippen LogP contribution < -0.4 is 14.2 Å². The van der Waals surface area contributed by atoms with Gasteiger partial charge in [-0.1, -0.05) is 30.7 Å². The number of phenols is 1. The van der Waals surface area contributed by atoms with Crippen LogP contribution in [0.2, 0.25) is 0 Å². The van der Waals surface area contributed by atoms with Crippen LogP contribution in [0, 0.1) is 0 Å². The summed E-state index contributed by atoms with van der Waals surface area (Å²) in [7, 11) is 0. The lowest BCUT2D eigenvalue weighted by atomic mass is 9.94. The van der Waals surface area contributed by atoms with Crippen LogP contribution in [-0.2, 0) is 9.47 Å². The lowest BCUT2D eigenvalue weighted by Crippen LogP contribution is -2.33. The van der Waals surface area contributed by atoms with Crippen LogP contribution in [0.5, 0.6) is 23.0 Å². The summed E-state index contributed by atoms with van der Waals surface area (Å²) in [6, 6.07) is 20.0. The fourth-order valence-corrected chi connectivity index (χ4v) is 6.13. The first-order chi connectivity index (χ1) is 22.6. The van der Waals surface area contributed by atoms with Crippen LogP contribution in [-0.4, -0.2) is 67.8 Å². The minimum Gasteiger partial charge on any atom is -0.507 e. The maximum absolute atomic E-state index is 14.1. The number of ketones is 1. The van der Waals surface area contributed by atoms with E-state index in [4.69, 9.17) is 23.7 Å². The minimum absolute atomic E-state index is 0.143. The van der Waals surface area contributed by atoms with E-state index in [-0.39, 0.29) is 29.7 Å². The third-order valence-electron chi connectivity index (χ3n) is 8.75. The molecule has 3 heterocycles. The van der Waals surface area contributed by atoms with E-state index in [1.165, 1.54) is 25.3 Å². The first kappa shape index (κ1) is 32.1. The van der Waals surface area contributed by atoms with Gasteiger partial charge in [0.2, 0.25) is 0 Å². The molecule has 244 valence electrons. The van der Waals surface area contributed by atoms with E-state index in [1.54, 1.807) is 12.1 Å². The lowest BCUT2D eigenvalue weighted by Gasteiger charge is -2.26. The van der Waals surface area contributed by atoms with E-state index >= 15 is 0 Å². The Morgan fingerprint density at radius 1 is 0.761 bits per heavy atom. The molecule has 1 N–H and O–H groups in total. The van der Waals surface area contributed by atoms with E-state index in [0.717, 1.165) is 69.5 Å². The molecule has 0 bridgehead atoms. The zero-order valence-electron chi connectivity index (χ0n) is 26.5. The quantitative estimate of drug-likeness (QED) is 0.126. The summed E-state index contributed by atoms with van der Waals surface area (Å²) >= 11 is 0. The van der Waals surface area contributed by atoms with Crippen molar-refractivity contribution in [3.8, 4) is 23.0 Å². The number of benzene rings is 3. The van der Waals surface area contributed by atoms with Crippen LogP contribution in [0.15, 0.2) is 66.7 Å². The highest BCUT2D eigenvalue weighted by Gasteiger charge is 2.22. The van der Waals surface area contributed by atoms with Gasteiger partial charge in [-0.3, -0.25) is 9.69 Å². The normalized spacial score (nSPS) is 21.0. The van der Waals surface area contributed by atoms with E-state index in [0.29, 0.717) is 42.5 Å². The number of aromatic hydroxyl groups is 1. The Labute approximate surface area is 271 Å². The molecular weight excluding hydrogens is 582 g/mol. The van der Waals surface area contributed by atoms with Crippen molar-refractivity contribution < 1.29 is 33.6 Å². The molecule has 46 heavy (non-hydrogen) atoms. The van der Waals surface area contributed by atoms with E-state index in [1.807, 2.05) is 54.6 Å². The van der Waals surface area contributed by atoms with Gasteiger partial charge < -0.3 is 28.8 Å². The first-order valence-corrected chi connectivity index (χ1v) is 16.8. The van der Waals surface area contributed by atoms with Crippen molar-refractivity contribution in [1.29, 1.82) is 0 Å². The zero-order chi connectivity index (χ0) is 31.6. The van der Waals surface area contributed by atoms with Crippen molar-refractivity contribution in [2.75, 3.05) is 39.5 Å². The van der Waals surface area contributed by atoms with Gasteiger partial charge in [-0.25, -0.2) is 0 Å². The number of hydrogen-bond donors (Lipinski definition) is 1. The molecule has 3 aromatic carbocycles. The molecule has 3 aliphatic rings. The molecule has 3 fully saturated rings. The van der Waals surface area contributed by atoms with Gasteiger partial charge in [0, 0.05) is 31.0 Å². The van der Waals surface area contributed by atoms with Crippen molar-refractivity contribution in [2.24, 2.45) is 0 Å². The minimum atomic E-state index is -0.346. The Balaban J connectivity index is 1.20. The summed E-state index contributed by atoms with van der Waals surface area (Å²) in [6.45, 7) is 5.22. The number of rotatable bonds is 12. The standard InChI is InChI=1S/C38H45NO7/c40-35-27-32(46-37-9-3-7-24-44-37)18-19-33(35)38(41)34(29-12-16-31(17-13-29)45-36-8-2-6-23-43-36)26-28-10-14-30(15-11-28)42-25-22-39-20-4-1-5-21-39/h10-19,26-27,36-37,40H,1-9,20-25H2/b34-26-. The van der Waals surface area contributed by atoms with Crippen molar-refractivity contribution in [3.63, 3.8) is 0 Å². The molecule has 0 amide bonds. The highest BCUT2D eigenvalue weighted by Crippen LogP contribution is 2.32. The average molecular weight is 628 g/mol. The molecule has 8 heteroatoms. The Hall–Kier alpha value is -3.85. The number of hydrogen-bond acceptors (Lipinski definition) is 8. The molecule has 0 spiro atoms. The van der Waals surface area contributed by atoms with Crippen LogP contribution in [0.25, 0.3) is 11.6 Å². The molecule has 0 aromatic heterocycles. The van der Waals surface area contributed by atoms with Crippen LogP contribution >= 0.6 is 0 Å². The molecule has 6 rings (SSSR count). The Bertz CT molecular complexity index is 1430. The van der Waals surface area contributed by atoms with Crippen molar-refractivity contribution in [3.05, 3.63) is 83.4 Å². The Morgan fingerprint density at radius 3 is 2.02 bits per heavy atom. The van der Waals surface area contributed by atoms with Crippen molar-refractivity contribution in [1.82, 2.24) is 4.90 Å². The number of allylic oxidation sites excluding steroid dienone is 1. The second-order valence-corrected chi connectivity index (χ2v) is 12.2. The monoisotopic (exact) mass is 627 g/mol. The van der Waals surface area contributed by atoms with Gasteiger partial charge in [0.1, 0.15) is 29.6 Å². The number of piperidine rings is 1. The molecule has 2 atom stereocenters. The van der Waals surface area contributed by atoms with Crippen molar-refractivity contribution in [2.45, 2.75) is 70.4 Å². The smallest absolute Gasteiger partial charge is 0.199 e. The summed E-state index contributed by atoms with van der Waals surface area (Å²) in [4.78, 5) is 16.5. The maximum Gasteiger partial charge on any atom is 0.199 e. The fraction of sp³-hybridized carbons (Fsp3) is 0.447. The zero-order valence-corrected chi connectivity index (χ0v) is 26.5. The molecule has 3 aliphatic heterocycles. The molecule has 0 radical (unpaired) electrons. The average Bonchev–Trinajstić information content (AvgIpc) is 3.09. The predicted octanol–water partition coefficient (Wildman–Crippen LogP) is 7.49. The predicted molar refractivity (Wildman–Crippen MR) is 177 cm³/mol. The van der Waals surface area contributed by atoms with E-state index in [9.17, 15) is 9.90 Å². The van der Waals surface area contributed by atoms with E-state index < -0.39 is 0 Å². The highest BCUT2D eigenvalue weighted by atomic mass is 16.7. The molecule has 3 aromatic rings. The third-order valence-corrected chi connectivity index (χ3v) is 8.75. The number of ether oxygens (including phenoxy) is 5. The van der Waals surface area contributed by atoms with Gasteiger partial charge in [-0.05, 0) is 105 Å². The highest BCUT2D eigenvalue weighted by molar-refractivity contribution is 6.33. The molecule has 0 saturated carbocycles. The second kappa shape index (κ2) is 16.1.